The number of aromatic nitrogens is 4. The van der Waals surface area contributed by atoms with Crippen molar-refractivity contribution in [2.45, 2.75) is 113 Å². The van der Waals surface area contributed by atoms with Crippen LogP contribution in [0.4, 0.5) is 10.1 Å². The normalized spacial score (nSPS) is 33.2. The van der Waals surface area contributed by atoms with E-state index in [2.05, 4.69) is 40.4 Å². The van der Waals surface area contributed by atoms with Crippen molar-refractivity contribution in [2.75, 3.05) is 11.4 Å². The molecule has 1 amide bonds. The first-order chi connectivity index (χ1) is 21.8. The third-order valence-electron chi connectivity index (χ3n) is 12.3. The SMILES string of the molecule is O=C(CC12CC(F)(C1)C2)N(CC12CCC(c3nc(C4CC4)no3)(CC1)CC2)c1cccc(-c2cnc3nc(C4CC4)sc3c2)c1. The first kappa shape index (κ1) is 27.0. The van der Waals surface area contributed by atoms with Crippen molar-refractivity contribution in [3.05, 3.63) is 53.3 Å². The van der Waals surface area contributed by atoms with Crippen LogP contribution in [-0.4, -0.2) is 38.2 Å². The summed E-state index contributed by atoms with van der Waals surface area (Å²) in [5.74, 6) is 2.99. The molecular formula is C36H38FN5O2S. The minimum Gasteiger partial charge on any atom is -0.339 e. The Balaban J connectivity index is 0.934. The molecule has 0 spiro atoms. The third kappa shape index (κ3) is 4.43. The molecule has 4 aromatic rings. The van der Waals surface area contributed by atoms with Gasteiger partial charge in [0, 0.05) is 47.7 Å². The Morgan fingerprint density at radius 1 is 0.933 bits per heavy atom. The van der Waals surface area contributed by atoms with E-state index in [4.69, 9.17) is 19.5 Å². The smallest absolute Gasteiger partial charge is 0.232 e. The predicted molar refractivity (Wildman–Crippen MR) is 170 cm³/mol. The van der Waals surface area contributed by atoms with Gasteiger partial charge in [-0.05, 0) is 118 Å². The Bertz CT molecular complexity index is 1810. The molecule has 9 heteroatoms. The fraction of sp³-hybridized carbons (Fsp3) is 0.583. The van der Waals surface area contributed by atoms with Crippen molar-refractivity contribution in [2.24, 2.45) is 10.8 Å². The maximum atomic E-state index is 14.5. The molecule has 0 radical (unpaired) electrons. The second-order valence-electron chi connectivity index (χ2n) is 15.8. The molecule has 0 unspecified atom stereocenters. The van der Waals surface area contributed by atoms with Crippen LogP contribution >= 0.6 is 11.3 Å². The van der Waals surface area contributed by atoms with E-state index in [1.54, 1.807) is 11.3 Å². The number of carbonyl (C=O) groups excluding carboxylic acids is 1. The highest BCUT2D eigenvalue weighted by atomic mass is 32.1. The van der Waals surface area contributed by atoms with Crippen molar-refractivity contribution in [1.29, 1.82) is 0 Å². The maximum Gasteiger partial charge on any atom is 0.232 e. The lowest BCUT2D eigenvalue weighted by atomic mass is 9.41. The zero-order valence-electron chi connectivity index (χ0n) is 25.6. The Hall–Kier alpha value is -3.20. The summed E-state index contributed by atoms with van der Waals surface area (Å²) in [6.45, 7) is 0.705. The van der Waals surface area contributed by atoms with Crippen LogP contribution in [0.15, 0.2) is 41.1 Å². The molecule has 232 valence electrons. The molecule has 8 aliphatic carbocycles. The number of benzene rings is 1. The van der Waals surface area contributed by atoms with Gasteiger partial charge in [-0.2, -0.15) is 4.98 Å². The van der Waals surface area contributed by atoms with Crippen LogP contribution in [0.5, 0.6) is 0 Å². The van der Waals surface area contributed by atoms with Gasteiger partial charge in [0.25, 0.3) is 0 Å². The van der Waals surface area contributed by atoms with Crippen LogP contribution in [0.2, 0.25) is 0 Å². The number of anilines is 1. The molecule has 3 heterocycles. The van der Waals surface area contributed by atoms with Gasteiger partial charge in [0.05, 0.1) is 9.71 Å². The third-order valence-corrected chi connectivity index (χ3v) is 13.5. The number of rotatable bonds is 9. The second-order valence-corrected chi connectivity index (χ2v) is 16.8. The minimum absolute atomic E-state index is 0.0143. The number of amides is 1. The van der Waals surface area contributed by atoms with Gasteiger partial charge in [-0.1, -0.05) is 17.3 Å². The van der Waals surface area contributed by atoms with E-state index < -0.39 is 5.67 Å². The van der Waals surface area contributed by atoms with Gasteiger partial charge in [0.2, 0.25) is 11.8 Å². The fourth-order valence-corrected chi connectivity index (χ4v) is 10.4. The topological polar surface area (TPSA) is 85.0 Å². The van der Waals surface area contributed by atoms with Gasteiger partial charge in [-0.15, -0.1) is 11.3 Å². The van der Waals surface area contributed by atoms with E-state index in [0.717, 1.165) is 77.4 Å². The van der Waals surface area contributed by atoms with E-state index >= 15 is 0 Å². The lowest BCUT2D eigenvalue weighted by molar-refractivity contribution is -0.215. The molecule has 0 saturated heterocycles. The minimum atomic E-state index is -1.00. The van der Waals surface area contributed by atoms with Gasteiger partial charge in [0.15, 0.2) is 11.5 Å². The molecule has 0 aliphatic heterocycles. The lowest BCUT2D eigenvalue weighted by Gasteiger charge is -2.66. The molecule has 4 bridgehead atoms. The number of halogens is 1. The van der Waals surface area contributed by atoms with Crippen LogP contribution in [0, 0.1) is 10.8 Å². The molecule has 12 rings (SSSR count). The molecule has 0 N–H and O–H groups in total. The van der Waals surface area contributed by atoms with E-state index in [-0.39, 0.29) is 22.2 Å². The van der Waals surface area contributed by atoms with Crippen LogP contribution in [0.3, 0.4) is 0 Å². The summed E-state index contributed by atoms with van der Waals surface area (Å²) in [6, 6.07) is 10.6. The fourth-order valence-electron chi connectivity index (χ4n) is 9.25. The summed E-state index contributed by atoms with van der Waals surface area (Å²) in [6.07, 6.45) is 15.0. The highest BCUT2D eigenvalue weighted by Gasteiger charge is 2.69. The number of nitrogens with zero attached hydrogens (tertiary/aromatic N) is 5. The molecule has 7 nitrogen and oxygen atoms in total. The molecule has 8 saturated carbocycles. The quantitative estimate of drug-likeness (QED) is 0.186. The highest BCUT2D eigenvalue weighted by Crippen LogP contribution is 2.71. The van der Waals surface area contributed by atoms with Gasteiger partial charge in [-0.25, -0.2) is 14.4 Å². The molecule has 3 aromatic heterocycles. The number of hydrogen-bond donors (Lipinski definition) is 0. The Labute approximate surface area is 266 Å². The van der Waals surface area contributed by atoms with Crippen LogP contribution < -0.4 is 4.90 Å². The molecule has 8 fully saturated rings. The zero-order chi connectivity index (χ0) is 30.0. The summed E-state index contributed by atoms with van der Waals surface area (Å²) in [5, 5.41) is 5.54. The standard InChI is InChI=1S/C36H38FN5O2S/c37-36-18-34(19-36,20-36)16-28(43)42(21-33-8-11-35(12-9-33,13-10-33)32-40-29(41-44-32)22-4-5-22)26-3-1-2-24(14-26)25-15-27-30(38-17-25)39-31(45-27)23-6-7-23/h1-3,14-15,17,22-23H,4-13,16,18-21H2. The van der Waals surface area contributed by atoms with Crippen LogP contribution in [-0.2, 0) is 10.2 Å². The number of fused-ring (bicyclic) bond motifs is 4. The number of thiazole rings is 1. The molecule has 1 aromatic carbocycles. The van der Waals surface area contributed by atoms with Gasteiger partial charge < -0.3 is 9.42 Å². The average molecular weight is 624 g/mol. The van der Waals surface area contributed by atoms with E-state index in [9.17, 15) is 9.18 Å². The van der Waals surface area contributed by atoms with E-state index in [0.29, 0.717) is 44.1 Å². The Morgan fingerprint density at radius 2 is 1.69 bits per heavy atom. The zero-order valence-corrected chi connectivity index (χ0v) is 26.4. The maximum absolute atomic E-state index is 14.5. The van der Waals surface area contributed by atoms with Crippen molar-refractivity contribution in [3.8, 4) is 11.1 Å². The van der Waals surface area contributed by atoms with Crippen molar-refractivity contribution in [3.63, 3.8) is 0 Å². The average Bonchev–Trinajstić information content (AvgIpc) is 3.97. The molecule has 45 heavy (non-hydrogen) atoms. The number of pyridine rings is 1. The molecule has 0 atom stereocenters. The van der Waals surface area contributed by atoms with Crippen LogP contribution in [0.25, 0.3) is 21.5 Å². The molecular weight excluding hydrogens is 585 g/mol. The van der Waals surface area contributed by atoms with Crippen molar-refractivity contribution < 1.29 is 13.7 Å². The summed E-state index contributed by atoms with van der Waals surface area (Å²) >= 11 is 1.76. The van der Waals surface area contributed by atoms with Crippen molar-refractivity contribution in [1.82, 2.24) is 20.1 Å². The number of alkyl halides is 1. The lowest BCUT2D eigenvalue weighted by Crippen LogP contribution is -2.65. The monoisotopic (exact) mass is 623 g/mol. The first-order valence-corrected chi connectivity index (χ1v) is 17.8. The summed E-state index contributed by atoms with van der Waals surface area (Å²) in [5.41, 5.74) is 2.78. The Morgan fingerprint density at radius 3 is 2.40 bits per heavy atom. The first-order valence-electron chi connectivity index (χ1n) is 17.0. The summed E-state index contributed by atoms with van der Waals surface area (Å²) < 4.78 is 21.4. The predicted octanol–water partition coefficient (Wildman–Crippen LogP) is 8.40. The van der Waals surface area contributed by atoms with Gasteiger partial charge >= 0.3 is 0 Å². The summed E-state index contributed by atoms with van der Waals surface area (Å²) in [4.78, 5) is 30.7. The van der Waals surface area contributed by atoms with Crippen LogP contribution in [0.1, 0.15) is 118 Å². The van der Waals surface area contributed by atoms with E-state index in [1.165, 1.54) is 30.7 Å². The van der Waals surface area contributed by atoms with E-state index in [1.807, 2.05) is 6.20 Å². The Kier molecular flexibility index (Phi) is 5.51. The van der Waals surface area contributed by atoms with Crippen molar-refractivity contribution >= 4 is 33.3 Å². The van der Waals surface area contributed by atoms with Gasteiger partial charge in [-0.3, -0.25) is 4.79 Å². The largest absolute Gasteiger partial charge is 0.339 e. The summed E-state index contributed by atoms with van der Waals surface area (Å²) in [7, 11) is 0. The molecule has 8 aliphatic rings. The highest BCUT2D eigenvalue weighted by molar-refractivity contribution is 7.18. The second kappa shape index (κ2) is 9.20. The number of carbonyl (C=O) groups is 1. The van der Waals surface area contributed by atoms with Gasteiger partial charge in [0.1, 0.15) is 5.67 Å². The number of hydrogen-bond acceptors (Lipinski definition) is 7.